The summed E-state index contributed by atoms with van der Waals surface area (Å²) in [5.41, 5.74) is 2.25. The minimum absolute atomic E-state index is 0.112. The standard InChI is InChI=1S/C24H27NO4/c26-21-5-6-22(27)18(10-21)13-25-20-3-1-17(2-4-20)23(28)29-14-24-11-15-7-16(12-24)9-19(24)8-15/h1-6,10,15-16,19,25-27H,7-9,11-14H2. The molecule has 29 heavy (non-hydrogen) atoms. The molecule has 4 fully saturated rings. The molecule has 2 aromatic carbocycles. The van der Waals surface area contributed by atoms with E-state index in [2.05, 4.69) is 5.32 Å². The molecule has 4 bridgehead atoms. The maximum Gasteiger partial charge on any atom is 0.338 e. The van der Waals surface area contributed by atoms with Gasteiger partial charge in [-0.1, -0.05) is 0 Å². The summed E-state index contributed by atoms with van der Waals surface area (Å²) >= 11 is 0. The third-order valence-electron chi connectivity index (χ3n) is 7.32. The Hall–Kier alpha value is -2.69. The molecule has 0 aliphatic heterocycles. The normalized spacial score (nSPS) is 29.2. The van der Waals surface area contributed by atoms with E-state index in [1.165, 1.54) is 50.3 Å². The van der Waals surface area contributed by atoms with Crippen molar-refractivity contribution in [3.05, 3.63) is 53.6 Å². The molecule has 0 heterocycles. The van der Waals surface area contributed by atoms with Crippen LogP contribution in [0, 0.1) is 23.2 Å². The van der Waals surface area contributed by atoms with Gasteiger partial charge in [0, 0.05) is 23.2 Å². The van der Waals surface area contributed by atoms with Gasteiger partial charge in [-0.2, -0.15) is 0 Å². The molecule has 2 unspecified atom stereocenters. The van der Waals surface area contributed by atoms with Crippen molar-refractivity contribution in [1.29, 1.82) is 0 Å². The topological polar surface area (TPSA) is 78.8 Å². The van der Waals surface area contributed by atoms with Crippen LogP contribution in [0.5, 0.6) is 11.5 Å². The summed E-state index contributed by atoms with van der Waals surface area (Å²) in [5, 5.41) is 22.6. The summed E-state index contributed by atoms with van der Waals surface area (Å²) in [6, 6.07) is 11.6. The third-order valence-corrected chi connectivity index (χ3v) is 7.32. The maximum atomic E-state index is 12.5. The fraction of sp³-hybridized carbons (Fsp3) is 0.458. The van der Waals surface area contributed by atoms with Crippen molar-refractivity contribution in [3.8, 4) is 11.5 Å². The molecule has 2 atom stereocenters. The number of carbonyl (C=O) groups is 1. The van der Waals surface area contributed by atoms with E-state index >= 15 is 0 Å². The molecule has 152 valence electrons. The molecule has 0 saturated heterocycles. The van der Waals surface area contributed by atoms with Crippen molar-refractivity contribution in [2.75, 3.05) is 11.9 Å². The predicted molar refractivity (Wildman–Crippen MR) is 110 cm³/mol. The molecule has 0 radical (unpaired) electrons. The van der Waals surface area contributed by atoms with Crippen molar-refractivity contribution in [3.63, 3.8) is 0 Å². The van der Waals surface area contributed by atoms with Crippen LogP contribution >= 0.6 is 0 Å². The summed E-state index contributed by atoms with van der Waals surface area (Å²) in [6.07, 6.45) is 6.55. The summed E-state index contributed by atoms with van der Waals surface area (Å²) in [5.74, 6) is 2.48. The first-order chi connectivity index (χ1) is 14.0. The third kappa shape index (κ3) is 3.43. The first kappa shape index (κ1) is 18.3. The van der Waals surface area contributed by atoms with Gasteiger partial charge in [-0.3, -0.25) is 0 Å². The lowest BCUT2D eigenvalue weighted by Gasteiger charge is -2.32. The Morgan fingerprint density at radius 2 is 1.76 bits per heavy atom. The second-order valence-corrected chi connectivity index (χ2v) is 9.23. The van der Waals surface area contributed by atoms with Crippen molar-refractivity contribution >= 4 is 11.7 Å². The SMILES string of the molecule is O=C(OCC12CC3CC(CC1C3)C2)c1ccc(NCc2cc(O)ccc2O)cc1. The number of phenolic OH excluding ortho intramolecular Hbond substituents is 2. The highest BCUT2D eigenvalue weighted by molar-refractivity contribution is 5.89. The summed E-state index contributed by atoms with van der Waals surface area (Å²) < 4.78 is 5.76. The number of rotatable bonds is 6. The number of benzene rings is 2. The number of anilines is 1. The average Bonchev–Trinajstić information content (AvgIpc) is 3.11. The maximum absolute atomic E-state index is 12.5. The molecule has 5 nitrogen and oxygen atoms in total. The van der Waals surface area contributed by atoms with E-state index in [9.17, 15) is 15.0 Å². The van der Waals surface area contributed by atoms with Gasteiger partial charge in [-0.05, 0) is 92.3 Å². The Morgan fingerprint density at radius 3 is 2.48 bits per heavy atom. The molecule has 4 saturated carbocycles. The van der Waals surface area contributed by atoms with Crippen molar-refractivity contribution < 1.29 is 19.7 Å². The van der Waals surface area contributed by atoms with E-state index in [1.807, 2.05) is 12.1 Å². The van der Waals surface area contributed by atoms with Crippen LogP contribution in [0.3, 0.4) is 0 Å². The highest BCUT2D eigenvalue weighted by atomic mass is 16.5. The molecular formula is C24H27NO4. The van der Waals surface area contributed by atoms with Gasteiger partial charge in [0.2, 0.25) is 0 Å². The van der Waals surface area contributed by atoms with E-state index < -0.39 is 0 Å². The molecule has 0 amide bonds. The average molecular weight is 393 g/mol. The van der Waals surface area contributed by atoms with Gasteiger partial charge in [-0.25, -0.2) is 4.79 Å². The zero-order valence-electron chi connectivity index (χ0n) is 16.4. The van der Waals surface area contributed by atoms with E-state index in [4.69, 9.17) is 4.74 Å². The number of esters is 1. The van der Waals surface area contributed by atoms with Gasteiger partial charge < -0.3 is 20.3 Å². The van der Waals surface area contributed by atoms with E-state index in [1.54, 1.807) is 12.1 Å². The molecule has 0 spiro atoms. The highest BCUT2D eigenvalue weighted by Gasteiger charge is 2.58. The van der Waals surface area contributed by atoms with Gasteiger partial charge in [-0.15, -0.1) is 0 Å². The summed E-state index contributed by atoms with van der Waals surface area (Å²) in [6.45, 7) is 0.941. The lowest BCUT2D eigenvalue weighted by molar-refractivity contribution is 0.0194. The fourth-order valence-electron chi connectivity index (χ4n) is 6.13. The summed E-state index contributed by atoms with van der Waals surface area (Å²) in [4.78, 5) is 12.5. The van der Waals surface area contributed by atoms with Gasteiger partial charge in [0.15, 0.2) is 0 Å². The lowest BCUT2D eigenvalue weighted by atomic mass is 9.76. The van der Waals surface area contributed by atoms with Crippen LogP contribution in [0.1, 0.15) is 48.0 Å². The molecule has 0 aromatic heterocycles. The Labute approximate surface area is 170 Å². The number of ether oxygens (including phenoxy) is 1. The van der Waals surface area contributed by atoms with Gasteiger partial charge in [0.05, 0.1) is 12.2 Å². The Kier molecular flexibility index (Phi) is 4.41. The minimum Gasteiger partial charge on any atom is -0.508 e. The molecule has 3 N–H and O–H groups in total. The van der Waals surface area contributed by atoms with Gasteiger partial charge >= 0.3 is 5.97 Å². The quantitative estimate of drug-likeness (QED) is 0.490. The molecule has 2 aromatic rings. The Morgan fingerprint density at radius 1 is 1.03 bits per heavy atom. The highest BCUT2D eigenvalue weighted by Crippen LogP contribution is 2.65. The van der Waals surface area contributed by atoms with Crippen LogP contribution in [-0.2, 0) is 11.3 Å². The predicted octanol–water partition coefficient (Wildman–Crippen LogP) is 4.69. The Balaban J connectivity index is 1.17. The fourth-order valence-corrected chi connectivity index (χ4v) is 6.13. The number of aromatic hydroxyl groups is 2. The zero-order chi connectivity index (χ0) is 20.0. The number of phenols is 2. The van der Waals surface area contributed by atoms with Crippen LogP contribution in [0.15, 0.2) is 42.5 Å². The first-order valence-corrected chi connectivity index (χ1v) is 10.5. The number of nitrogens with one attached hydrogen (secondary N) is 1. The second kappa shape index (κ2) is 6.97. The minimum atomic E-state index is -0.247. The first-order valence-electron chi connectivity index (χ1n) is 10.5. The summed E-state index contributed by atoms with van der Waals surface area (Å²) in [7, 11) is 0. The largest absolute Gasteiger partial charge is 0.508 e. The molecule has 4 aliphatic rings. The van der Waals surface area contributed by atoms with E-state index in [0.717, 1.165) is 23.4 Å². The second-order valence-electron chi connectivity index (χ2n) is 9.23. The molecule has 4 aliphatic carbocycles. The van der Waals surface area contributed by atoms with Gasteiger partial charge in [0.25, 0.3) is 0 Å². The molecule has 5 heteroatoms. The lowest BCUT2D eigenvalue weighted by Crippen LogP contribution is -2.29. The van der Waals surface area contributed by atoms with Crippen molar-refractivity contribution in [1.82, 2.24) is 0 Å². The van der Waals surface area contributed by atoms with Crippen LogP contribution < -0.4 is 5.32 Å². The monoisotopic (exact) mass is 393 g/mol. The van der Waals surface area contributed by atoms with E-state index in [0.29, 0.717) is 24.3 Å². The zero-order valence-corrected chi connectivity index (χ0v) is 16.4. The van der Waals surface area contributed by atoms with E-state index in [-0.39, 0.29) is 22.9 Å². The van der Waals surface area contributed by atoms with Crippen molar-refractivity contribution in [2.45, 2.75) is 38.6 Å². The van der Waals surface area contributed by atoms with Crippen LogP contribution in [0.2, 0.25) is 0 Å². The van der Waals surface area contributed by atoms with Gasteiger partial charge in [0.1, 0.15) is 11.5 Å². The number of carbonyl (C=O) groups excluding carboxylic acids is 1. The number of hydrogen-bond donors (Lipinski definition) is 3. The van der Waals surface area contributed by atoms with Crippen LogP contribution in [-0.4, -0.2) is 22.8 Å². The number of hydrogen-bond acceptors (Lipinski definition) is 5. The van der Waals surface area contributed by atoms with Crippen LogP contribution in [0.25, 0.3) is 0 Å². The molecule has 6 rings (SSSR count). The van der Waals surface area contributed by atoms with Crippen LogP contribution in [0.4, 0.5) is 5.69 Å². The Bertz CT molecular complexity index is 909. The van der Waals surface area contributed by atoms with Crippen molar-refractivity contribution in [2.24, 2.45) is 23.2 Å². The molecular weight excluding hydrogens is 366 g/mol. The smallest absolute Gasteiger partial charge is 0.338 e.